The van der Waals surface area contributed by atoms with E-state index < -0.39 is 0 Å². The molecule has 0 spiro atoms. The fourth-order valence-corrected chi connectivity index (χ4v) is 2.49. The Labute approximate surface area is 129 Å². The molecule has 0 aliphatic heterocycles. The van der Waals surface area contributed by atoms with E-state index in [1.165, 1.54) is 22.0 Å². The van der Waals surface area contributed by atoms with Crippen LogP contribution in [0.4, 0.5) is 5.95 Å². The summed E-state index contributed by atoms with van der Waals surface area (Å²) in [6.07, 6.45) is 4.42. The van der Waals surface area contributed by atoms with E-state index in [2.05, 4.69) is 69.9 Å². The summed E-state index contributed by atoms with van der Waals surface area (Å²) in [5, 5.41) is 3.43. The van der Waals surface area contributed by atoms with Crippen molar-refractivity contribution in [1.29, 1.82) is 0 Å². The fraction of sp³-hybridized carbons (Fsp3) is 0.438. The molecule has 1 aromatic carbocycles. The monoisotopic (exact) mass is 335 g/mol. The molecule has 3 nitrogen and oxygen atoms in total. The standard InChI is InChI=1S/C16H22BrN3/c1-5-6-7-18-16-19-13(4)10-20(16)14-8-11(2)15(17)12(3)9-14/h8-10H,5-7H2,1-4H3,(H,18,19). The number of halogens is 1. The lowest BCUT2D eigenvalue weighted by Gasteiger charge is -2.12. The molecule has 108 valence electrons. The Bertz CT molecular complexity index is 579. The molecule has 0 atom stereocenters. The van der Waals surface area contributed by atoms with E-state index in [0.29, 0.717) is 0 Å². The fourth-order valence-electron chi connectivity index (χ4n) is 2.26. The first-order chi connectivity index (χ1) is 9.52. The third-order valence-corrected chi connectivity index (χ3v) is 4.59. The van der Waals surface area contributed by atoms with Gasteiger partial charge in [-0.2, -0.15) is 0 Å². The smallest absolute Gasteiger partial charge is 0.207 e. The van der Waals surface area contributed by atoms with Gasteiger partial charge in [-0.25, -0.2) is 4.98 Å². The average Bonchev–Trinajstić information content (AvgIpc) is 2.77. The summed E-state index contributed by atoms with van der Waals surface area (Å²) < 4.78 is 3.32. The molecule has 0 aliphatic carbocycles. The molecule has 4 heteroatoms. The Balaban J connectivity index is 2.37. The zero-order chi connectivity index (χ0) is 14.7. The van der Waals surface area contributed by atoms with Crippen molar-refractivity contribution in [3.8, 4) is 5.69 Å². The third kappa shape index (κ3) is 3.23. The number of nitrogens with zero attached hydrogens (tertiary/aromatic N) is 2. The summed E-state index contributed by atoms with van der Waals surface area (Å²) in [5.41, 5.74) is 4.67. The van der Waals surface area contributed by atoms with Gasteiger partial charge in [0, 0.05) is 22.9 Å². The molecular formula is C16H22BrN3. The Hall–Kier alpha value is -1.29. The van der Waals surface area contributed by atoms with Crippen molar-refractivity contribution in [3.05, 3.63) is 39.6 Å². The van der Waals surface area contributed by atoms with E-state index in [0.717, 1.165) is 30.3 Å². The summed E-state index contributed by atoms with van der Waals surface area (Å²) in [5.74, 6) is 0.928. The quantitative estimate of drug-likeness (QED) is 0.797. The number of nitrogens with one attached hydrogen (secondary N) is 1. The van der Waals surface area contributed by atoms with Crippen LogP contribution >= 0.6 is 15.9 Å². The number of imidazole rings is 1. The molecular weight excluding hydrogens is 314 g/mol. The number of hydrogen-bond donors (Lipinski definition) is 1. The largest absolute Gasteiger partial charge is 0.355 e. The number of hydrogen-bond acceptors (Lipinski definition) is 2. The van der Waals surface area contributed by atoms with E-state index in [9.17, 15) is 0 Å². The van der Waals surface area contributed by atoms with Crippen LogP contribution in [0.25, 0.3) is 5.69 Å². The van der Waals surface area contributed by atoms with E-state index in [4.69, 9.17) is 0 Å². The van der Waals surface area contributed by atoms with Crippen LogP contribution in [-0.4, -0.2) is 16.1 Å². The van der Waals surface area contributed by atoms with Crippen LogP contribution in [0.2, 0.25) is 0 Å². The van der Waals surface area contributed by atoms with Gasteiger partial charge in [0.2, 0.25) is 5.95 Å². The number of rotatable bonds is 5. The first kappa shape index (κ1) is 15.1. The van der Waals surface area contributed by atoms with Gasteiger partial charge in [0.05, 0.1) is 5.69 Å². The highest BCUT2D eigenvalue weighted by Gasteiger charge is 2.09. The summed E-state index contributed by atoms with van der Waals surface area (Å²) in [7, 11) is 0. The SMILES string of the molecule is CCCCNc1nc(C)cn1-c1cc(C)c(Br)c(C)c1. The zero-order valence-corrected chi connectivity index (χ0v) is 14.2. The van der Waals surface area contributed by atoms with E-state index in [1.54, 1.807) is 0 Å². The Morgan fingerprint density at radius 3 is 2.45 bits per heavy atom. The van der Waals surface area contributed by atoms with Gasteiger partial charge in [0.25, 0.3) is 0 Å². The van der Waals surface area contributed by atoms with Gasteiger partial charge in [0.15, 0.2) is 0 Å². The second-order valence-corrected chi connectivity index (χ2v) is 6.04. The van der Waals surface area contributed by atoms with Crippen LogP contribution in [0.15, 0.2) is 22.8 Å². The van der Waals surface area contributed by atoms with Gasteiger partial charge >= 0.3 is 0 Å². The molecule has 0 saturated carbocycles. The van der Waals surface area contributed by atoms with Crippen molar-refractivity contribution in [3.63, 3.8) is 0 Å². The predicted octanol–water partition coefficient (Wildman–Crippen LogP) is 4.77. The number of aryl methyl sites for hydroxylation is 3. The van der Waals surface area contributed by atoms with Crippen molar-refractivity contribution in [2.45, 2.75) is 40.5 Å². The maximum Gasteiger partial charge on any atom is 0.207 e. The van der Waals surface area contributed by atoms with Crippen LogP contribution in [0.3, 0.4) is 0 Å². The molecule has 0 saturated heterocycles. The summed E-state index contributed by atoms with van der Waals surface area (Å²) in [6.45, 7) is 9.42. The van der Waals surface area contributed by atoms with Gasteiger partial charge in [-0.1, -0.05) is 29.3 Å². The number of anilines is 1. The molecule has 1 heterocycles. The summed E-state index contributed by atoms with van der Waals surface area (Å²) in [6, 6.07) is 4.37. The second-order valence-electron chi connectivity index (χ2n) is 5.25. The van der Waals surface area contributed by atoms with Crippen molar-refractivity contribution >= 4 is 21.9 Å². The highest BCUT2D eigenvalue weighted by molar-refractivity contribution is 9.10. The molecule has 0 unspecified atom stereocenters. The minimum atomic E-state index is 0.928. The second kappa shape index (κ2) is 6.44. The molecule has 2 aromatic rings. The highest BCUT2D eigenvalue weighted by Crippen LogP contribution is 2.26. The zero-order valence-electron chi connectivity index (χ0n) is 12.6. The first-order valence-corrected chi connectivity index (χ1v) is 7.89. The normalized spacial score (nSPS) is 10.8. The first-order valence-electron chi connectivity index (χ1n) is 7.10. The topological polar surface area (TPSA) is 29.9 Å². The molecule has 0 fully saturated rings. The van der Waals surface area contributed by atoms with E-state index in [-0.39, 0.29) is 0 Å². The van der Waals surface area contributed by atoms with Crippen LogP contribution < -0.4 is 5.32 Å². The van der Waals surface area contributed by atoms with Crippen molar-refractivity contribution < 1.29 is 0 Å². The van der Waals surface area contributed by atoms with Gasteiger partial charge in [0.1, 0.15) is 0 Å². The Kier molecular flexibility index (Phi) is 4.86. The molecule has 20 heavy (non-hydrogen) atoms. The molecule has 1 N–H and O–H groups in total. The Morgan fingerprint density at radius 1 is 1.20 bits per heavy atom. The van der Waals surface area contributed by atoms with Crippen LogP contribution in [0.1, 0.15) is 36.6 Å². The van der Waals surface area contributed by atoms with Crippen LogP contribution in [0.5, 0.6) is 0 Å². The summed E-state index contributed by atoms with van der Waals surface area (Å²) in [4.78, 5) is 4.58. The lowest BCUT2D eigenvalue weighted by Crippen LogP contribution is -2.07. The predicted molar refractivity (Wildman–Crippen MR) is 88.9 cm³/mol. The number of unbranched alkanes of at least 4 members (excludes halogenated alkanes) is 1. The highest BCUT2D eigenvalue weighted by atomic mass is 79.9. The van der Waals surface area contributed by atoms with Crippen LogP contribution in [-0.2, 0) is 0 Å². The third-order valence-electron chi connectivity index (χ3n) is 3.34. The lowest BCUT2D eigenvalue weighted by molar-refractivity contribution is 0.823. The van der Waals surface area contributed by atoms with Gasteiger partial charge in [-0.15, -0.1) is 0 Å². The Morgan fingerprint density at radius 2 is 1.85 bits per heavy atom. The summed E-state index contributed by atoms with van der Waals surface area (Å²) >= 11 is 3.62. The molecule has 1 aromatic heterocycles. The lowest BCUT2D eigenvalue weighted by atomic mass is 10.1. The number of benzene rings is 1. The maximum atomic E-state index is 4.58. The van der Waals surface area contributed by atoms with E-state index >= 15 is 0 Å². The minimum Gasteiger partial charge on any atom is -0.355 e. The van der Waals surface area contributed by atoms with Crippen molar-refractivity contribution in [1.82, 2.24) is 9.55 Å². The van der Waals surface area contributed by atoms with Gasteiger partial charge in [-0.3, -0.25) is 4.57 Å². The average molecular weight is 336 g/mol. The molecule has 0 amide bonds. The minimum absolute atomic E-state index is 0.928. The van der Waals surface area contributed by atoms with Gasteiger partial charge < -0.3 is 5.32 Å². The maximum absolute atomic E-state index is 4.58. The molecule has 0 radical (unpaired) electrons. The molecule has 2 rings (SSSR count). The molecule has 0 bridgehead atoms. The van der Waals surface area contributed by atoms with E-state index in [1.807, 2.05) is 6.92 Å². The van der Waals surface area contributed by atoms with Crippen molar-refractivity contribution in [2.24, 2.45) is 0 Å². The van der Waals surface area contributed by atoms with Crippen molar-refractivity contribution in [2.75, 3.05) is 11.9 Å². The molecule has 0 aliphatic rings. The van der Waals surface area contributed by atoms with Crippen LogP contribution in [0, 0.1) is 20.8 Å². The van der Waals surface area contributed by atoms with Gasteiger partial charge in [-0.05, 0) is 50.5 Å². The number of aromatic nitrogens is 2.